The van der Waals surface area contributed by atoms with Crippen molar-refractivity contribution in [2.75, 3.05) is 7.11 Å². The van der Waals surface area contributed by atoms with Gasteiger partial charge in [0.15, 0.2) is 0 Å². The molecule has 0 unspecified atom stereocenters. The number of ether oxygens (including phenoxy) is 1. The molecule has 0 aliphatic carbocycles. The van der Waals surface area contributed by atoms with E-state index in [2.05, 4.69) is 4.74 Å². The first-order valence-electron chi connectivity index (χ1n) is 9.63. The maximum atomic E-state index is 12.5. The first-order valence-corrected chi connectivity index (χ1v) is 11.9. The number of benzene rings is 1. The van der Waals surface area contributed by atoms with Crippen molar-refractivity contribution >= 4 is 33.4 Å². The number of amides is 2. The summed E-state index contributed by atoms with van der Waals surface area (Å²) in [7, 11) is -2.94. The van der Waals surface area contributed by atoms with Crippen LogP contribution < -0.4 is 4.72 Å². The van der Waals surface area contributed by atoms with E-state index in [1.807, 2.05) is 56.7 Å². The molecule has 1 heterocycles. The molecule has 1 aromatic heterocycles. The molecule has 0 radical (unpaired) electrons. The number of hydrogen-bond acceptors (Lipinski definition) is 6. The number of aryl methyl sites for hydroxylation is 1. The molecule has 0 aliphatic heterocycles. The number of carbonyl (C=O) groups is 2. The summed E-state index contributed by atoms with van der Waals surface area (Å²) in [6.45, 7) is 11.7. The van der Waals surface area contributed by atoms with Crippen molar-refractivity contribution in [3.8, 4) is 11.1 Å². The summed E-state index contributed by atoms with van der Waals surface area (Å²) in [5.74, 6) is -0.00481. The Kier molecular flexibility index (Phi) is 9.51. The molecule has 0 fully saturated rings. The second-order valence-electron chi connectivity index (χ2n) is 6.59. The molecule has 0 spiro atoms. The van der Waals surface area contributed by atoms with E-state index in [4.69, 9.17) is 0 Å². The van der Waals surface area contributed by atoms with Crippen LogP contribution in [0, 0.1) is 6.92 Å². The maximum absolute atomic E-state index is 12.5. The maximum Gasteiger partial charge on any atom is 0.420 e. The lowest BCUT2D eigenvalue weighted by Crippen LogP contribution is -2.34. The van der Waals surface area contributed by atoms with Gasteiger partial charge in [-0.2, -0.15) is 0 Å². The van der Waals surface area contributed by atoms with Crippen molar-refractivity contribution in [1.82, 2.24) is 9.62 Å². The Bertz CT molecular complexity index is 964. The molecule has 1 N–H and O–H groups in total. The lowest BCUT2D eigenvalue weighted by atomic mass is 10.1. The average Bonchev–Trinajstić information content (AvgIpc) is 3.10. The highest BCUT2D eigenvalue weighted by atomic mass is 32.2. The average molecular weight is 455 g/mol. The van der Waals surface area contributed by atoms with Gasteiger partial charge in [-0.15, -0.1) is 11.3 Å². The monoisotopic (exact) mass is 454 g/mol. The van der Waals surface area contributed by atoms with Crippen LogP contribution in [-0.2, 0) is 26.1 Å². The van der Waals surface area contributed by atoms with E-state index in [-0.39, 0.29) is 16.2 Å². The number of sulfonamides is 1. The van der Waals surface area contributed by atoms with Crippen LogP contribution in [0.1, 0.15) is 45.1 Å². The first-order chi connectivity index (χ1) is 14.0. The second-order valence-corrected chi connectivity index (χ2v) is 9.73. The zero-order valence-corrected chi connectivity index (χ0v) is 20.1. The fourth-order valence-electron chi connectivity index (χ4n) is 2.74. The molecule has 0 aliphatic rings. The fraction of sp³-hybridized carbons (Fsp3) is 0.429. The normalized spacial score (nSPS) is 10.8. The zero-order valence-electron chi connectivity index (χ0n) is 18.5. The molecule has 30 heavy (non-hydrogen) atoms. The highest BCUT2D eigenvalue weighted by molar-refractivity contribution is 7.92. The minimum Gasteiger partial charge on any atom is -0.452 e. The van der Waals surface area contributed by atoms with Crippen LogP contribution in [0.5, 0.6) is 0 Å². The van der Waals surface area contributed by atoms with Crippen molar-refractivity contribution < 1.29 is 22.7 Å². The summed E-state index contributed by atoms with van der Waals surface area (Å²) in [5, 5.41) is 0. The van der Waals surface area contributed by atoms with Crippen molar-refractivity contribution in [1.29, 1.82) is 0 Å². The van der Waals surface area contributed by atoms with Crippen LogP contribution in [0.15, 0.2) is 34.5 Å². The summed E-state index contributed by atoms with van der Waals surface area (Å²) in [6.07, 6.45) is -1.04. The minimum atomic E-state index is -4.04. The lowest BCUT2D eigenvalue weighted by molar-refractivity contribution is -0.131. The van der Waals surface area contributed by atoms with Crippen molar-refractivity contribution in [3.05, 3.63) is 40.8 Å². The van der Waals surface area contributed by atoms with Crippen LogP contribution in [0.4, 0.5) is 4.79 Å². The second kappa shape index (κ2) is 11.1. The SMILES string of the molecule is CC.COC(=O)NS(=O)(=O)c1sc(C)cc1-c1ccc(CN(C(C)=O)C(C)C)cc1. The van der Waals surface area contributed by atoms with Gasteiger partial charge in [0.2, 0.25) is 5.91 Å². The van der Waals surface area contributed by atoms with Crippen LogP contribution in [0.25, 0.3) is 11.1 Å². The molecular weight excluding hydrogens is 424 g/mol. The Labute approximate surface area is 183 Å². The summed E-state index contributed by atoms with van der Waals surface area (Å²) in [6, 6.07) is 9.20. The lowest BCUT2D eigenvalue weighted by Gasteiger charge is -2.25. The molecule has 0 bridgehead atoms. The van der Waals surface area contributed by atoms with Crippen LogP contribution >= 0.6 is 11.3 Å². The molecule has 7 nitrogen and oxygen atoms in total. The fourth-order valence-corrected chi connectivity index (χ4v) is 5.31. The van der Waals surface area contributed by atoms with Crippen LogP contribution in [0.3, 0.4) is 0 Å². The van der Waals surface area contributed by atoms with E-state index < -0.39 is 16.1 Å². The molecule has 0 saturated heterocycles. The Hall–Kier alpha value is -2.39. The number of nitrogens with zero attached hydrogens (tertiary/aromatic N) is 1. The minimum absolute atomic E-state index is 0.00481. The number of carbonyl (C=O) groups excluding carboxylic acids is 2. The Morgan fingerprint density at radius 3 is 2.20 bits per heavy atom. The molecular formula is C21H30N2O5S2. The van der Waals surface area contributed by atoms with Crippen LogP contribution in [-0.4, -0.2) is 38.5 Å². The summed E-state index contributed by atoms with van der Waals surface area (Å²) < 4.78 is 31.4. The molecule has 166 valence electrons. The first kappa shape index (κ1) is 25.6. The third kappa shape index (κ3) is 6.56. The van der Waals surface area contributed by atoms with E-state index >= 15 is 0 Å². The predicted octanol–water partition coefficient (Wildman–Crippen LogP) is 4.55. The smallest absolute Gasteiger partial charge is 0.420 e. The highest BCUT2D eigenvalue weighted by Crippen LogP contribution is 2.35. The molecule has 1 aromatic carbocycles. The third-order valence-corrected chi connectivity index (χ3v) is 7.01. The summed E-state index contributed by atoms with van der Waals surface area (Å²) in [4.78, 5) is 25.7. The zero-order chi connectivity index (χ0) is 23.1. The van der Waals surface area contributed by atoms with E-state index in [1.165, 1.54) is 6.92 Å². The molecule has 2 rings (SSSR count). The Morgan fingerprint density at radius 2 is 1.73 bits per heavy atom. The Balaban J connectivity index is 0.00000218. The van der Waals surface area contributed by atoms with Gasteiger partial charge in [0, 0.05) is 30.0 Å². The van der Waals surface area contributed by atoms with Gasteiger partial charge in [-0.05, 0) is 38.0 Å². The van der Waals surface area contributed by atoms with Crippen molar-refractivity contribution in [3.63, 3.8) is 0 Å². The van der Waals surface area contributed by atoms with E-state index in [0.717, 1.165) is 28.9 Å². The molecule has 9 heteroatoms. The van der Waals surface area contributed by atoms with Gasteiger partial charge in [-0.1, -0.05) is 38.1 Å². The topological polar surface area (TPSA) is 92.8 Å². The largest absolute Gasteiger partial charge is 0.452 e. The van der Waals surface area contributed by atoms with E-state index in [1.54, 1.807) is 17.9 Å². The van der Waals surface area contributed by atoms with Gasteiger partial charge in [0.1, 0.15) is 4.21 Å². The van der Waals surface area contributed by atoms with Crippen LogP contribution in [0.2, 0.25) is 0 Å². The number of methoxy groups -OCH3 is 1. The van der Waals surface area contributed by atoms with E-state index in [0.29, 0.717) is 17.7 Å². The summed E-state index contributed by atoms with van der Waals surface area (Å²) in [5.41, 5.74) is 2.16. The molecule has 2 amide bonds. The molecule has 2 aromatic rings. The molecule has 0 saturated carbocycles. The number of nitrogens with one attached hydrogen (secondary N) is 1. The van der Waals surface area contributed by atoms with Gasteiger partial charge >= 0.3 is 6.09 Å². The highest BCUT2D eigenvalue weighted by Gasteiger charge is 2.25. The predicted molar refractivity (Wildman–Crippen MR) is 120 cm³/mol. The standard InChI is InChI=1S/C19H24N2O5S2.C2H6/c1-12(2)21(14(4)22)11-15-6-8-16(9-7-15)17-10-13(3)27-18(17)28(24,25)20-19(23)26-5;1-2/h6-10,12H,11H2,1-5H3,(H,20,23);1-2H3. The van der Waals surface area contributed by atoms with Gasteiger partial charge in [0.05, 0.1) is 7.11 Å². The van der Waals surface area contributed by atoms with Gasteiger partial charge in [0.25, 0.3) is 10.0 Å². The summed E-state index contributed by atoms with van der Waals surface area (Å²) >= 11 is 1.08. The van der Waals surface area contributed by atoms with E-state index in [9.17, 15) is 18.0 Å². The third-order valence-electron chi connectivity index (χ3n) is 4.11. The number of rotatable bonds is 6. The van der Waals surface area contributed by atoms with Gasteiger partial charge in [-0.25, -0.2) is 17.9 Å². The Morgan fingerprint density at radius 1 is 1.17 bits per heavy atom. The quantitative estimate of drug-likeness (QED) is 0.691. The van der Waals surface area contributed by atoms with Gasteiger partial charge < -0.3 is 9.64 Å². The van der Waals surface area contributed by atoms with Crippen molar-refractivity contribution in [2.45, 2.75) is 58.3 Å². The number of hydrogen-bond donors (Lipinski definition) is 1. The molecule has 0 atom stereocenters. The van der Waals surface area contributed by atoms with Gasteiger partial charge in [-0.3, -0.25) is 4.79 Å². The number of thiophene rings is 1. The van der Waals surface area contributed by atoms with Crippen molar-refractivity contribution in [2.24, 2.45) is 0 Å².